The van der Waals surface area contributed by atoms with Gasteiger partial charge in [-0.05, 0) is 37.1 Å². The maximum absolute atomic E-state index is 13.3. The summed E-state index contributed by atoms with van der Waals surface area (Å²) in [5.41, 5.74) is 3.98. The first-order valence-corrected chi connectivity index (χ1v) is 6.76. The zero-order chi connectivity index (χ0) is 14.3. The van der Waals surface area contributed by atoms with E-state index in [1.165, 1.54) is 12.1 Å². The molecule has 1 aliphatic heterocycles. The molecular weight excluding hydrogens is 255 g/mol. The molecule has 0 spiro atoms. The lowest BCUT2D eigenvalue weighted by Gasteiger charge is -2.30. The molecule has 104 valence electrons. The van der Waals surface area contributed by atoms with Gasteiger partial charge in [-0.1, -0.05) is 23.8 Å². The van der Waals surface area contributed by atoms with Gasteiger partial charge in [-0.25, -0.2) is 4.39 Å². The van der Waals surface area contributed by atoms with E-state index in [9.17, 15) is 9.50 Å². The summed E-state index contributed by atoms with van der Waals surface area (Å²) >= 11 is 0. The minimum atomic E-state index is -0.621. The molecule has 2 atom stereocenters. The normalized spacial score (nSPS) is 21.2. The smallest absolute Gasteiger partial charge is 0.128 e. The van der Waals surface area contributed by atoms with Crippen molar-refractivity contribution >= 4 is 0 Å². The van der Waals surface area contributed by atoms with Gasteiger partial charge in [0.1, 0.15) is 17.7 Å². The Morgan fingerprint density at radius 1 is 1.10 bits per heavy atom. The van der Waals surface area contributed by atoms with Crippen LogP contribution in [0.1, 0.15) is 40.9 Å². The van der Waals surface area contributed by atoms with Crippen LogP contribution in [0.5, 0.6) is 5.75 Å². The third-order valence-electron chi connectivity index (χ3n) is 3.82. The van der Waals surface area contributed by atoms with E-state index in [2.05, 4.69) is 6.07 Å². The number of ether oxygens (including phenoxy) is 1. The average Bonchev–Trinajstić information content (AvgIpc) is 2.41. The molecule has 1 N–H and O–H groups in total. The molecule has 2 aromatic rings. The fraction of sp³-hybridized carbons (Fsp3) is 0.294. The van der Waals surface area contributed by atoms with E-state index in [-0.39, 0.29) is 11.9 Å². The first-order chi connectivity index (χ1) is 9.54. The standard InChI is InChI=1S/C17H17FO2/c1-10-3-4-11(2)14(7-10)17-9-15(19)13-6-5-12(18)8-16(13)20-17/h3-8,15,17,19H,9H2,1-2H3. The SMILES string of the molecule is Cc1ccc(C)c(C2CC(O)c3ccc(F)cc3O2)c1. The van der Waals surface area contributed by atoms with Gasteiger partial charge in [0.05, 0.1) is 6.10 Å². The number of aliphatic hydroxyl groups excluding tert-OH is 1. The number of hydrogen-bond donors (Lipinski definition) is 1. The minimum Gasteiger partial charge on any atom is -0.485 e. The Morgan fingerprint density at radius 3 is 2.70 bits per heavy atom. The lowest BCUT2D eigenvalue weighted by Crippen LogP contribution is -2.20. The number of halogens is 1. The molecule has 1 aliphatic rings. The number of hydrogen-bond acceptors (Lipinski definition) is 2. The van der Waals surface area contributed by atoms with Crippen LogP contribution in [0, 0.1) is 19.7 Å². The zero-order valence-corrected chi connectivity index (χ0v) is 11.6. The van der Waals surface area contributed by atoms with Crippen molar-refractivity contribution in [3.8, 4) is 5.75 Å². The molecule has 1 heterocycles. The molecule has 3 rings (SSSR count). The summed E-state index contributed by atoms with van der Waals surface area (Å²) in [6.07, 6.45) is -0.369. The number of benzene rings is 2. The average molecular weight is 272 g/mol. The van der Waals surface area contributed by atoms with E-state index >= 15 is 0 Å². The molecule has 2 unspecified atom stereocenters. The van der Waals surface area contributed by atoms with Gasteiger partial charge in [-0.15, -0.1) is 0 Å². The summed E-state index contributed by atoms with van der Waals surface area (Å²) < 4.78 is 19.2. The highest BCUT2D eigenvalue weighted by atomic mass is 19.1. The molecule has 0 aliphatic carbocycles. The summed E-state index contributed by atoms with van der Waals surface area (Å²) in [5.74, 6) is 0.0900. The van der Waals surface area contributed by atoms with Gasteiger partial charge in [0.2, 0.25) is 0 Å². The molecule has 0 bridgehead atoms. The van der Waals surface area contributed by atoms with Gasteiger partial charge in [-0.2, -0.15) is 0 Å². The van der Waals surface area contributed by atoms with E-state index in [1.807, 2.05) is 26.0 Å². The molecule has 0 fully saturated rings. The minimum absolute atomic E-state index is 0.237. The Bertz CT molecular complexity index is 651. The van der Waals surface area contributed by atoms with Crippen molar-refractivity contribution in [2.75, 3.05) is 0 Å². The van der Waals surface area contributed by atoms with Crippen LogP contribution in [0.15, 0.2) is 36.4 Å². The summed E-state index contributed by atoms with van der Waals surface area (Å²) in [6, 6.07) is 10.4. The van der Waals surface area contributed by atoms with Crippen LogP contribution in [0.3, 0.4) is 0 Å². The number of fused-ring (bicyclic) bond motifs is 1. The summed E-state index contributed by atoms with van der Waals surface area (Å²) in [6.45, 7) is 4.04. The molecule has 3 heteroatoms. The van der Waals surface area contributed by atoms with Gasteiger partial charge < -0.3 is 9.84 Å². The lowest BCUT2D eigenvalue weighted by atomic mass is 9.92. The highest BCUT2D eigenvalue weighted by Crippen LogP contribution is 2.41. The molecular formula is C17H17FO2. The Hall–Kier alpha value is -1.87. The third-order valence-corrected chi connectivity index (χ3v) is 3.82. The number of aliphatic hydroxyl groups is 1. The van der Waals surface area contributed by atoms with Crippen molar-refractivity contribution in [2.24, 2.45) is 0 Å². The lowest BCUT2D eigenvalue weighted by molar-refractivity contribution is 0.0650. The van der Waals surface area contributed by atoms with Crippen molar-refractivity contribution in [2.45, 2.75) is 32.5 Å². The second kappa shape index (κ2) is 4.91. The predicted octanol–water partition coefficient (Wildman–Crippen LogP) is 4.00. The highest BCUT2D eigenvalue weighted by Gasteiger charge is 2.29. The topological polar surface area (TPSA) is 29.5 Å². The molecule has 0 radical (unpaired) electrons. The summed E-state index contributed by atoms with van der Waals surface area (Å²) in [5, 5.41) is 10.2. The van der Waals surface area contributed by atoms with E-state index in [4.69, 9.17) is 4.74 Å². The van der Waals surface area contributed by atoms with E-state index in [0.29, 0.717) is 17.7 Å². The van der Waals surface area contributed by atoms with Crippen molar-refractivity contribution in [1.82, 2.24) is 0 Å². The predicted molar refractivity (Wildman–Crippen MR) is 75.3 cm³/mol. The largest absolute Gasteiger partial charge is 0.485 e. The van der Waals surface area contributed by atoms with Crippen LogP contribution in [0.4, 0.5) is 4.39 Å². The second-order valence-electron chi connectivity index (χ2n) is 5.40. The van der Waals surface area contributed by atoms with Crippen LogP contribution < -0.4 is 4.74 Å². The fourth-order valence-electron chi connectivity index (χ4n) is 2.71. The maximum atomic E-state index is 13.3. The van der Waals surface area contributed by atoms with Crippen LogP contribution in [0.2, 0.25) is 0 Å². The summed E-state index contributed by atoms with van der Waals surface area (Å²) in [7, 11) is 0. The van der Waals surface area contributed by atoms with E-state index in [0.717, 1.165) is 16.7 Å². The van der Waals surface area contributed by atoms with Crippen molar-refractivity contribution in [3.63, 3.8) is 0 Å². The van der Waals surface area contributed by atoms with E-state index < -0.39 is 6.10 Å². The van der Waals surface area contributed by atoms with Crippen molar-refractivity contribution in [3.05, 3.63) is 64.5 Å². The molecule has 0 saturated carbocycles. The van der Waals surface area contributed by atoms with Gasteiger partial charge >= 0.3 is 0 Å². The quantitative estimate of drug-likeness (QED) is 0.850. The monoisotopic (exact) mass is 272 g/mol. The molecule has 2 aromatic carbocycles. The third kappa shape index (κ3) is 2.29. The molecule has 20 heavy (non-hydrogen) atoms. The Morgan fingerprint density at radius 2 is 1.90 bits per heavy atom. The molecule has 0 aromatic heterocycles. The summed E-state index contributed by atoms with van der Waals surface area (Å²) in [4.78, 5) is 0. The van der Waals surface area contributed by atoms with Gasteiger partial charge in [0.15, 0.2) is 0 Å². The molecule has 0 saturated heterocycles. The Kier molecular flexibility index (Phi) is 3.22. The van der Waals surface area contributed by atoms with Gasteiger partial charge in [0.25, 0.3) is 0 Å². The van der Waals surface area contributed by atoms with Gasteiger partial charge in [-0.3, -0.25) is 0 Å². The fourth-order valence-corrected chi connectivity index (χ4v) is 2.71. The Labute approximate surface area is 117 Å². The van der Waals surface area contributed by atoms with Crippen molar-refractivity contribution < 1.29 is 14.2 Å². The van der Waals surface area contributed by atoms with Crippen LogP contribution in [0.25, 0.3) is 0 Å². The Balaban J connectivity index is 2.00. The van der Waals surface area contributed by atoms with Gasteiger partial charge in [0, 0.05) is 18.1 Å². The molecule has 0 amide bonds. The number of aryl methyl sites for hydroxylation is 2. The first-order valence-electron chi connectivity index (χ1n) is 6.76. The van der Waals surface area contributed by atoms with E-state index in [1.54, 1.807) is 6.07 Å². The second-order valence-corrected chi connectivity index (χ2v) is 5.40. The highest BCUT2D eigenvalue weighted by molar-refractivity contribution is 5.40. The maximum Gasteiger partial charge on any atom is 0.128 e. The zero-order valence-electron chi connectivity index (χ0n) is 11.6. The number of rotatable bonds is 1. The van der Waals surface area contributed by atoms with Crippen LogP contribution in [-0.4, -0.2) is 5.11 Å². The van der Waals surface area contributed by atoms with Crippen molar-refractivity contribution in [1.29, 1.82) is 0 Å². The molecule has 2 nitrogen and oxygen atoms in total. The first kappa shape index (κ1) is 13.1. The van der Waals surface area contributed by atoms with Crippen LogP contribution >= 0.6 is 0 Å². The van der Waals surface area contributed by atoms with Crippen LogP contribution in [-0.2, 0) is 0 Å².